The third-order valence-corrected chi connectivity index (χ3v) is 4.27. The number of carbonyl (C=O) groups excluding carboxylic acids is 1. The van der Waals surface area contributed by atoms with Crippen LogP contribution in [-0.4, -0.2) is 23.9 Å². The van der Waals surface area contributed by atoms with Crippen LogP contribution in [0.2, 0.25) is 0 Å². The number of rotatable bonds is 7. The van der Waals surface area contributed by atoms with Gasteiger partial charge in [-0.2, -0.15) is 0 Å². The first kappa shape index (κ1) is 19.7. The molecule has 0 unspecified atom stereocenters. The molecule has 0 aliphatic heterocycles. The summed E-state index contributed by atoms with van der Waals surface area (Å²) >= 11 is 3.50. The Balaban J connectivity index is 0.00000264. The molecule has 0 heterocycles. The summed E-state index contributed by atoms with van der Waals surface area (Å²) in [6, 6.07) is 17.9. The Bertz CT molecular complexity index is 607. The van der Waals surface area contributed by atoms with Gasteiger partial charge in [0.25, 0.3) is 0 Å². The Labute approximate surface area is 152 Å². The molecule has 2 aromatic carbocycles. The second-order valence-corrected chi connectivity index (χ2v) is 6.07. The standard InChI is InChI=1S/C18H21BrN2O.ClH/c19-17-10-5-4-9-16(17)13-18(22)21(12-6-11-20)14-15-7-2-1-3-8-15;/h1-5,7-10H,6,11-14,20H2;1H. The summed E-state index contributed by atoms with van der Waals surface area (Å²) in [6.07, 6.45) is 1.22. The first-order chi connectivity index (χ1) is 10.7. The van der Waals surface area contributed by atoms with Crippen molar-refractivity contribution in [3.8, 4) is 0 Å². The van der Waals surface area contributed by atoms with Crippen LogP contribution in [0.1, 0.15) is 17.5 Å². The van der Waals surface area contributed by atoms with Gasteiger partial charge in [0.2, 0.25) is 5.91 Å². The number of hydrogen-bond donors (Lipinski definition) is 1. The molecule has 2 aromatic rings. The van der Waals surface area contributed by atoms with Crippen molar-refractivity contribution in [2.75, 3.05) is 13.1 Å². The van der Waals surface area contributed by atoms with Gasteiger partial charge in [0.05, 0.1) is 6.42 Å². The third kappa shape index (κ3) is 6.34. The Hall–Kier alpha value is -1.36. The summed E-state index contributed by atoms with van der Waals surface area (Å²) in [7, 11) is 0. The van der Waals surface area contributed by atoms with Gasteiger partial charge in [0.1, 0.15) is 0 Å². The van der Waals surface area contributed by atoms with E-state index in [9.17, 15) is 4.79 Å². The molecule has 2 N–H and O–H groups in total. The monoisotopic (exact) mass is 396 g/mol. The highest BCUT2D eigenvalue weighted by Gasteiger charge is 2.15. The zero-order valence-corrected chi connectivity index (χ0v) is 15.4. The zero-order chi connectivity index (χ0) is 15.8. The summed E-state index contributed by atoms with van der Waals surface area (Å²) in [4.78, 5) is 14.5. The van der Waals surface area contributed by atoms with Crippen molar-refractivity contribution in [1.29, 1.82) is 0 Å². The molecule has 0 atom stereocenters. The highest BCUT2D eigenvalue weighted by atomic mass is 79.9. The van der Waals surface area contributed by atoms with E-state index < -0.39 is 0 Å². The molecular formula is C18H22BrClN2O. The van der Waals surface area contributed by atoms with Crippen LogP contribution in [0.15, 0.2) is 59.1 Å². The van der Waals surface area contributed by atoms with Crippen LogP contribution in [-0.2, 0) is 17.8 Å². The maximum absolute atomic E-state index is 12.6. The van der Waals surface area contributed by atoms with E-state index >= 15 is 0 Å². The van der Waals surface area contributed by atoms with Crippen molar-refractivity contribution >= 4 is 34.2 Å². The molecular weight excluding hydrogens is 376 g/mol. The van der Waals surface area contributed by atoms with E-state index in [1.54, 1.807) is 0 Å². The van der Waals surface area contributed by atoms with Gasteiger partial charge < -0.3 is 10.6 Å². The molecule has 2 rings (SSSR count). The van der Waals surface area contributed by atoms with E-state index in [0.717, 1.165) is 22.0 Å². The van der Waals surface area contributed by atoms with Crippen LogP contribution in [0, 0.1) is 0 Å². The minimum atomic E-state index is 0. The average Bonchev–Trinajstić information content (AvgIpc) is 2.54. The molecule has 0 radical (unpaired) electrons. The molecule has 0 aliphatic rings. The van der Waals surface area contributed by atoms with Crippen molar-refractivity contribution < 1.29 is 4.79 Å². The number of halogens is 2. The molecule has 1 amide bonds. The minimum Gasteiger partial charge on any atom is -0.338 e. The van der Waals surface area contributed by atoms with E-state index in [1.165, 1.54) is 0 Å². The van der Waals surface area contributed by atoms with E-state index in [2.05, 4.69) is 15.9 Å². The Morgan fingerprint density at radius 1 is 1.04 bits per heavy atom. The number of nitrogens with zero attached hydrogens (tertiary/aromatic N) is 1. The van der Waals surface area contributed by atoms with E-state index in [-0.39, 0.29) is 18.3 Å². The summed E-state index contributed by atoms with van der Waals surface area (Å²) < 4.78 is 0.974. The lowest BCUT2D eigenvalue weighted by atomic mass is 10.1. The molecule has 5 heteroatoms. The molecule has 0 aromatic heterocycles. The fraction of sp³-hybridized carbons (Fsp3) is 0.278. The molecule has 0 aliphatic carbocycles. The Kier molecular flexibility index (Phi) is 8.92. The molecule has 23 heavy (non-hydrogen) atoms. The maximum Gasteiger partial charge on any atom is 0.227 e. The number of nitrogens with two attached hydrogens (primary N) is 1. The van der Waals surface area contributed by atoms with Crippen molar-refractivity contribution in [1.82, 2.24) is 4.90 Å². The molecule has 0 saturated carbocycles. The minimum absolute atomic E-state index is 0. The molecule has 0 fully saturated rings. The lowest BCUT2D eigenvalue weighted by molar-refractivity contribution is -0.131. The molecule has 0 saturated heterocycles. The molecule has 0 spiro atoms. The quantitative estimate of drug-likeness (QED) is 0.772. The van der Waals surface area contributed by atoms with Gasteiger partial charge in [-0.05, 0) is 30.2 Å². The lowest BCUT2D eigenvalue weighted by Gasteiger charge is -2.23. The van der Waals surface area contributed by atoms with Crippen molar-refractivity contribution in [2.24, 2.45) is 5.73 Å². The van der Waals surface area contributed by atoms with Gasteiger partial charge in [-0.3, -0.25) is 4.79 Å². The Morgan fingerprint density at radius 3 is 2.35 bits per heavy atom. The van der Waals surface area contributed by atoms with Crippen molar-refractivity contribution in [3.05, 3.63) is 70.2 Å². The maximum atomic E-state index is 12.6. The van der Waals surface area contributed by atoms with Crippen LogP contribution in [0.5, 0.6) is 0 Å². The summed E-state index contributed by atoms with van der Waals surface area (Å²) in [5, 5.41) is 0. The Morgan fingerprint density at radius 2 is 1.70 bits per heavy atom. The lowest BCUT2D eigenvalue weighted by Crippen LogP contribution is -2.33. The van der Waals surface area contributed by atoms with Crippen LogP contribution < -0.4 is 5.73 Å². The van der Waals surface area contributed by atoms with Gasteiger partial charge in [-0.1, -0.05) is 64.5 Å². The van der Waals surface area contributed by atoms with E-state index in [4.69, 9.17) is 5.73 Å². The molecule has 0 bridgehead atoms. The summed E-state index contributed by atoms with van der Waals surface area (Å²) in [6.45, 7) is 1.91. The number of amides is 1. The van der Waals surface area contributed by atoms with Crippen molar-refractivity contribution in [2.45, 2.75) is 19.4 Å². The SMILES string of the molecule is Cl.NCCCN(Cc1ccccc1)C(=O)Cc1ccccc1Br. The van der Waals surface area contributed by atoms with Gasteiger partial charge in [-0.15, -0.1) is 12.4 Å². The highest BCUT2D eigenvalue weighted by Crippen LogP contribution is 2.18. The fourth-order valence-electron chi connectivity index (χ4n) is 2.29. The average molecular weight is 398 g/mol. The van der Waals surface area contributed by atoms with Gasteiger partial charge in [0, 0.05) is 17.6 Å². The van der Waals surface area contributed by atoms with Crippen LogP contribution in [0.3, 0.4) is 0 Å². The smallest absolute Gasteiger partial charge is 0.227 e. The predicted octanol–water partition coefficient (Wildman–Crippen LogP) is 3.79. The molecule has 3 nitrogen and oxygen atoms in total. The number of hydrogen-bond acceptors (Lipinski definition) is 2. The van der Waals surface area contributed by atoms with Gasteiger partial charge in [0.15, 0.2) is 0 Å². The highest BCUT2D eigenvalue weighted by molar-refractivity contribution is 9.10. The van der Waals surface area contributed by atoms with Crippen LogP contribution in [0.25, 0.3) is 0 Å². The van der Waals surface area contributed by atoms with Crippen molar-refractivity contribution in [3.63, 3.8) is 0 Å². The largest absolute Gasteiger partial charge is 0.338 e. The summed E-state index contributed by atoms with van der Waals surface area (Å²) in [5.74, 6) is 0.129. The zero-order valence-electron chi connectivity index (χ0n) is 13.0. The normalized spacial score (nSPS) is 10.0. The predicted molar refractivity (Wildman–Crippen MR) is 101 cm³/mol. The fourth-order valence-corrected chi connectivity index (χ4v) is 2.72. The third-order valence-electron chi connectivity index (χ3n) is 3.50. The number of carbonyl (C=O) groups is 1. The second kappa shape index (κ2) is 10.4. The van der Waals surface area contributed by atoms with E-state index in [1.807, 2.05) is 59.5 Å². The second-order valence-electron chi connectivity index (χ2n) is 5.21. The summed E-state index contributed by atoms with van der Waals surface area (Å²) in [5.41, 5.74) is 7.75. The molecule has 124 valence electrons. The number of benzene rings is 2. The van der Waals surface area contributed by atoms with Crippen LogP contribution >= 0.6 is 28.3 Å². The van der Waals surface area contributed by atoms with Gasteiger partial charge >= 0.3 is 0 Å². The topological polar surface area (TPSA) is 46.3 Å². The first-order valence-corrected chi connectivity index (χ1v) is 8.25. The van der Waals surface area contributed by atoms with Gasteiger partial charge in [-0.25, -0.2) is 0 Å². The van der Waals surface area contributed by atoms with Crippen LogP contribution in [0.4, 0.5) is 0 Å². The first-order valence-electron chi connectivity index (χ1n) is 7.46. The van der Waals surface area contributed by atoms with E-state index in [0.29, 0.717) is 26.1 Å².